The minimum Gasteiger partial charge on any atom is -0.301 e. The van der Waals surface area contributed by atoms with E-state index in [-0.39, 0.29) is 0 Å². The van der Waals surface area contributed by atoms with Crippen LogP contribution in [0.5, 0.6) is 0 Å². The molecule has 0 atom stereocenters. The van der Waals surface area contributed by atoms with E-state index < -0.39 is 0 Å². The Kier molecular flexibility index (Phi) is 2.56. The Morgan fingerprint density at radius 1 is 1.12 bits per heavy atom. The Morgan fingerprint density at radius 2 is 1.94 bits per heavy atom. The van der Waals surface area contributed by atoms with Crippen molar-refractivity contribution in [2.45, 2.75) is 32.1 Å². The third kappa shape index (κ3) is 1.61. The topological polar surface area (TPSA) is 17.3 Å². The van der Waals surface area contributed by atoms with Crippen LogP contribution in [0.4, 0.5) is 0 Å². The maximum absolute atomic E-state index is 6.15. The Morgan fingerprint density at radius 3 is 2.81 bits per heavy atom. The normalized spacial score (nSPS) is 16.1. The van der Waals surface area contributed by atoms with Crippen molar-refractivity contribution >= 4 is 28.8 Å². The predicted octanol–water partition coefficient (Wildman–Crippen LogP) is 3.91. The number of hydrogen-bond donors (Lipinski definition) is 0. The fourth-order valence-corrected chi connectivity index (χ4v) is 2.91. The number of halogens is 2. The highest BCUT2D eigenvalue weighted by molar-refractivity contribution is 6.36. The van der Waals surface area contributed by atoms with E-state index in [2.05, 4.69) is 9.38 Å². The minimum atomic E-state index is 0.639. The van der Waals surface area contributed by atoms with E-state index >= 15 is 0 Å². The van der Waals surface area contributed by atoms with Gasteiger partial charge in [0.2, 0.25) is 0 Å². The van der Waals surface area contributed by atoms with E-state index in [1.165, 1.54) is 30.7 Å². The average Bonchev–Trinajstić information content (AvgIpc) is 2.46. The van der Waals surface area contributed by atoms with Crippen molar-refractivity contribution in [3.63, 3.8) is 0 Å². The van der Waals surface area contributed by atoms with Gasteiger partial charge in [-0.3, -0.25) is 0 Å². The van der Waals surface area contributed by atoms with Crippen LogP contribution in [0.25, 0.3) is 5.65 Å². The zero-order chi connectivity index (χ0) is 11.1. The highest BCUT2D eigenvalue weighted by atomic mass is 35.5. The maximum Gasteiger partial charge on any atom is 0.156 e. The molecule has 4 heteroatoms. The first-order chi connectivity index (χ1) is 7.75. The van der Waals surface area contributed by atoms with Gasteiger partial charge in [0, 0.05) is 11.9 Å². The van der Waals surface area contributed by atoms with Crippen LogP contribution in [0.15, 0.2) is 12.3 Å². The Bertz CT molecular complexity index is 545. The van der Waals surface area contributed by atoms with Gasteiger partial charge in [-0.05, 0) is 31.7 Å². The van der Waals surface area contributed by atoms with Crippen molar-refractivity contribution in [3.8, 4) is 0 Å². The van der Waals surface area contributed by atoms with E-state index in [0.29, 0.717) is 10.0 Å². The Balaban J connectivity index is 2.29. The van der Waals surface area contributed by atoms with Gasteiger partial charge in [0.05, 0.1) is 15.7 Å². The second-order valence-corrected chi connectivity index (χ2v) is 5.11. The van der Waals surface area contributed by atoms with Gasteiger partial charge in [-0.25, -0.2) is 4.98 Å². The fourth-order valence-electron chi connectivity index (χ4n) is 2.39. The molecule has 0 unspecified atom stereocenters. The van der Waals surface area contributed by atoms with Gasteiger partial charge in [0.1, 0.15) is 0 Å². The minimum absolute atomic E-state index is 0.639. The van der Waals surface area contributed by atoms with Crippen LogP contribution in [0.1, 0.15) is 30.7 Å². The average molecular weight is 255 g/mol. The molecule has 0 saturated heterocycles. The van der Waals surface area contributed by atoms with Crippen molar-refractivity contribution < 1.29 is 0 Å². The molecular weight excluding hydrogens is 243 g/mol. The van der Waals surface area contributed by atoms with Gasteiger partial charge in [-0.2, -0.15) is 0 Å². The largest absolute Gasteiger partial charge is 0.301 e. The van der Waals surface area contributed by atoms with E-state index in [1.54, 1.807) is 6.07 Å². The predicted molar refractivity (Wildman–Crippen MR) is 66.5 cm³/mol. The summed E-state index contributed by atoms with van der Waals surface area (Å²) < 4.78 is 2.06. The van der Waals surface area contributed by atoms with Crippen LogP contribution in [-0.2, 0) is 12.8 Å². The quantitative estimate of drug-likeness (QED) is 0.652. The van der Waals surface area contributed by atoms with E-state index in [0.717, 1.165) is 18.5 Å². The van der Waals surface area contributed by atoms with Crippen LogP contribution in [0, 0.1) is 0 Å². The number of aryl methyl sites for hydroxylation is 2. The fraction of sp³-hybridized carbons (Fsp3) is 0.417. The molecule has 0 spiro atoms. The van der Waals surface area contributed by atoms with Gasteiger partial charge in [0.15, 0.2) is 5.65 Å². The number of hydrogen-bond acceptors (Lipinski definition) is 1. The molecule has 0 aliphatic heterocycles. The molecule has 84 valence electrons. The van der Waals surface area contributed by atoms with Gasteiger partial charge in [-0.15, -0.1) is 0 Å². The summed E-state index contributed by atoms with van der Waals surface area (Å²) in [7, 11) is 0. The number of fused-ring (bicyclic) bond motifs is 3. The molecule has 0 N–H and O–H groups in total. The van der Waals surface area contributed by atoms with Crippen molar-refractivity contribution in [1.29, 1.82) is 0 Å². The number of aromatic nitrogens is 2. The van der Waals surface area contributed by atoms with Crippen molar-refractivity contribution in [2.75, 3.05) is 0 Å². The number of imidazole rings is 1. The van der Waals surface area contributed by atoms with Crippen LogP contribution in [-0.4, -0.2) is 9.38 Å². The van der Waals surface area contributed by atoms with Gasteiger partial charge in [0.25, 0.3) is 0 Å². The highest BCUT2D eigenvalue weighted by Gasteiger charge is 2.16. The molecule has 2 aromatic heterocycles. The monoisotopic (exact) mass is 254 g/mol. The maximum atomic E-state index is 6.15. The Labute approximate surface area is 104 Å². The van der Waals surface area contributed by atoms with Gasteiger partial charge >= 0.3 is 0 Å². The molecule has 0 saturated carbocycles. The van der Waals surface area contributed by atoms with Crippen LogP contribution in [0.3, 0.4) is 0 Å². The molecule has 2 aromatic rings. The lowest BCUT2D eigenvalue weighted by Gasteiger charge is -2.02. The molecule has 1 aliphatic carbocycles. The smallest absolute Gasteiger partial charge is 0.156 e. The molecule has 16 heavy (non-hydrogen) atoms. The molecule has 0 aromatic carbocycles. The second kappa shape index (κ2) is 3.94. The SMILES string of the molecule is Clc1cc(Cl)c2nc3c(n2c1)CCCCC3. The number of rotatable bonds is 0. The zero-order valence-corrected chi connectivity index (χ0v) is 10.4. The molecule has 2 heterocycles. The van der Waals surface area contributed by atoms with Crippen LogP contribution in [0.2, 0.25) is 10.0 Å². The molecule has 0 amide bonds. The van der Waals surface area contributed by atoms with Crippen molar-refractivity contribution in [1.82, 2.24) is 9.38 Å². The summed E-state index contributed by atoms with van der Waals surface area (Å²) in [6.07, 6.45) is 7.79. The molecule has 1 aliphatic rings. The lowest BCUT2D eigenvalue weighted by atomic mass is 10.2. The summed E-state index contributed by atoms with van der Waals surface area (Å²) in [5, 5.41) is 1.31. The Hall–Kier alpha value is -0.730. The van der Waals surface area contributed by atoms with Gasteiger partial charge in [-0.1, -0.05) is 29.6 Å². The first-order valence-electron chi connectivity index (χ1n) is 5.60. The van der Waals surface area contributed by atoms with Crippen molar-refractivity contribution in [2.24, 2.45) is 0 Å². The first-order valence-corrected chi connectivity index (χ1v) is 6.36. The second-order valence-electron chi connectivity index (χ2n) is 4.27. The standard InChI is InChI=1S/C12H12Cl2N2/c13-8-6-9(14)12-15-10-4-2-1-3-5-11(10)16(12)7-8/h6-7H,1-5H2. The number of nitrogens with zero attached hydrogens (tertiary/aromatic N) is 2. The zero-order valence-electron chi connectivity index (χ0n) is 8.84. The number of pyridine rings is 1. The third-order valence-corrected chi connectivity index (χ3v) is 3.64. The summed E-state index contributed by atoms with van der Waals surface area (Å²) in [6.45, 7) is 0. The van der Waals surface area contributed by atoms with Crippen molar-refractivity contribution in [3.05, 3.63) is 33.7 Å². The summed E-state index contributed by atoms with van der Waals surface area (Å²) in [5.74, 6) is 0. The van der Waals surface area contributed by atoms with Gasteiger partial charge < -0.3 is 4.40 Å². The van der Waals surface area contributed by atoms with Crippen LogP contribution < -0.4 is 0 Å². The lowest BCUT2D eigenvalue weighted by molar-refractivity contribution is 0.702. The summed E-state index contributed by atoms with van der Waals surface area (Å²) in [6, 6.07) is 1.75. The van der Waals surface area contributed by atoms with E-state index in [9.17, 15) is 0 Å². The summed E-state index contributed by atoms with van der Waals surface area (Å²) >= 11 is 12.2. The highest BCUT2D eigenvalue weighted by Crippen LogP contribution is 2.27. The first kappa shape index (κ1) is 10.4. The molecule has 2 nitrogen and oxygen atoms in total. The molecule has 0 radical (unpaired) electrons. The molecule has 0 fully saturated rings. The molecule has 0 bridgehead atoms. The summed E-state index contributed by atoms with van der Waals surface area (Å²) in [4.78, 5) is 4.63. The molecular formula is C12H12Cl2N2. The van der Waals surface area contributed by atoms with E-state index in [4.69, 9.17) is 23.2 Å². The van der Waals surface area contributed by atoms with Crippen LogP contribution >= 0.6 is 23.2 Å². The summed E-state index contributed by atoms with van der Waals surface area (Å²) in [5.41, 5.74) is 3.33. The molecule has 3 rings (SSSR count). The lowest BCUT2D eigenvalue weighted by Crippen LogP contribution is -1.94. The van der Waals surface area contributed by atoms with E-state index in [1.807, 2.05) is 6.20 Å². The third-order valence-electron chi connectivity index (χ3n) is 3.15.